The fourth-order valence-electron chi connectivity index (χ4n) is 5.77. The molecule has 3 aromatic carbocycles. The SMILES string of the molecule is Cc1ccc(CN(C(=O)CCCN2C(=O)c3cccc4cccc2c34)[C@H](C)C(=O)NC2CCCCC2)cc1. The summed E-state index contributed by atoms with van der Waals surface area (Å²) in [6.07, 6.45) is 6.29. The van der Waals surface area contributed by atoms with Gasteiger partial charge in [-0.3, -0.25) is 14.4 Å². The maximum Gasteiger partial charge on any atom is 0.258 e. The van der Waals surface area contributed by atoms with Crippen LogP contribution in [-0.2, 0) is 16.1 Å². The van der Waals surface area contributed by atoms with Crippen LogP contribution in [0.2, 0.25) is 0 Å². The third-order valence-corrected chi connectivity index (χ3v) is 8.01. The van der Waals surface area contributed by atoms with E-state index in [4.69, 9.17) is 0 Å². The first-order valence-electron chi connectivity index (χ1n) is 13.9. The van der Waals surface area contributed by atoms with Crippen LogP contribution in [0.3, 0.4) is 0 Å². The lowest BCUT2D eigenvalue weighted by Crippen LogP contribution is -2.50. The zero-order valence-electron chi connectivity index (χ0n) is 22.4. The van der Waals surface area contributed by atoms with E-state index in [1.165, 1.54) is 6.42 Å². The highest BCUT2D eigenvalue weighted by Crippen LogP contribution is 2.37. The van der Waals surface area contributed by atoms with Crippen molar-refractivity contribution in [1.29, 1.82) is 0 Å². The van der Waals surface area contributed by atoms with Crippen molar-refractivity contribution in [3.8, 4) is 0 Å². The molecule has 3 amide bonds. The molecule has 0 aromatic heterocycles. The van der Waals surface area contributed by atoms with Crippen molar-refractivity contribution in [2.75, 3.05) is 11.4 Å². The predicted molar refractivity (Wildman–Crippen MR) is 151 cm³/mol. The van der Waals surface area contributed by atoms with Crippen molar-refractivity contribution in [1.82, 2.24) is 10.2 Å². The van der Waals surface area contributed by atoms with E-state index in [9.17, 15) is 14.4 Å². The molecule has 3 aromatic rings. The first kappa shape index (κ1) is 26.0. The molecule has 1 atom stereocenters. The second-order valence-electron chi connectivity index (χ2n) is 10.8. The van der Waals surface area contributed by atoms with Crippen LogP contribution < -0.4 is 10.2 Å². The Balaban J connectivity index is 1.26. The fourth-order valence-corrected chi connectivity index (χ4v) is 5.77. The van der Waals surface area contributed by atoms with Gasteiger partial charge >= 0.3 is 0 Å². The number of carbonyl (C=O) groups excluding carboxylic acids is 3. The summed E-state index contributed by atoms with van der Waals surface area (Å²) in [7, 11) is 0. The number of anilines is 1. The number of hydrogen-bond donors (Lipinski definition) is 1. The number of rotatable bonds is 9. The zero-order chi connectivity index (χ0) is 26.6. The first-order valence-corrected chi connectivity index (χ1v) is 13.9. The highest BCUT2D eigenvalue weighted by Gasteiger charge is 2.31. The van der Waals surface area contributed by atoms with Crippen LogP contribution in [0.5, 0.6) is 0 Å². The zero-order valence-corrected chi connectivity index (χ0v) is 22.4. The van der Waals surface area contributed by atoms with Gasteiger partial charge < -0.3 is 15.1 Å². The van der Waals surface area contributed by atoms with Gasteiger partial charge in [0.05, 0.1) is 5.69 Å². The van der Waals surface area contributed by atoms with Gasteiger partial charge in [0.1, 0.15) is 6.04 Å². The predicted octanol–water partition coefficient (Wildman–Crippen LogP) is 5.75. The molecule has 38 heavy (non-hydrogen) atoms. The number of hydrogen-bond acceptors (Lipinski definition) is 3. The molecule has 1 heterocycles. The van der Waals surface area contributed by atoms with E-state index in [0.29, 0.717) is 19.5 Å². The first-order chi connectivity index (χ1) is 18.4. The molecule has 1 aliphatic carbocycles. The summed E-state index contributed by atoms with van der Waals surface area (Å²) < 4.78 is 0. The molecule has 0 unspecified atom stereocenters. The number of amides is 3. The van der Waals surface area contributed by atoms with Gasteiger partial charge in [-0.1, -0.05) is 73.4 Å². The molecule has 0 radical (unpaired) electrons. The third-order valence-electron chi connectivity index (χ3n) is 8.01. The standard InChI is InChI=1S/C32H37N3O3/c1-22-16-18-24(19-17-22)21-35(23(2)31(37)33-26-11-4-3-5-12-26)29(36)15-8-20-34-28-14-7-10-25-9-6-13-27(30(25)28)32(34)38/h6-7,9-10,13-14,16-19,23,26H,3-5,8,11-12,15,20-21H2,1-2H3,(H,33,37)/t23-/m1/s1. The molecule has 6 heteroatoms. The largest absolute Gasteiger partial charge is 0.352 e. The molecular formula is C32H37N3O3. The van der Waals surface area contributed by atoms with Gasteiger partial charge in [-0.25, -0.2) is 0 Å². The molecule has 5 rings (SSSR count). The van der Waals surface area contributed by atoms with E-state index >= 15 is 0 Å². The van der Waals surface area contributed by atoms with Gasteiger partial charge in [0.25, 0.3) is 5.91 Å². The van der Waals surface area contributed by atoms with Crippen molar-refractivity contribution >= 4 is 34.2 Å². The Morgan fingerprint density at radius 1 is 1.00 bits per heavy atom. The summed E-state index contributed by atoms with van der Waals surface area (Å²) in [6, 6.07) is 19.5. The van der Waals surface area contributed by atoms with E-state index in [0.717, 1.165) is 58.8 Å². The highest BCUT2D eigenvalue weighted by atomic mass is 16.2. The van der Waals surface area contributed by atoms with E-state index in [-0.39, 0.29) is 30.2 Å². The maximum atomic E-state index is 13.6. The average molecular weight is 512 g/mol. The van der Waals surface area contributed by atoms with Crippen molar-refractivity contribution in [2.45, 2.75) is 77.4 Å². The Morgan fingerprint density at radius 2 is 1.71 bits per heavy atom. The Morgan fingerprint density at radius 3 is 2.45 bits per heavy atom. The number of aryl methyl sites for hydroxylation is 1. The minimum Gasteiger partial charge on any atom is -0.352 e. The maximum absolute atomic E-state index is 13.6. The van der Waals surface area contributed by atoms with E-state index in [2.05, 4.69) is 5.32 Å². The summed E-state index contributed by atoms with van der Waals surface area (Å²) in [4.78, 5) is 43.4. The molecule has 6 nitrogen and oxygen atoms in total. The lowest BCUT2D eigenvalue weighted by atomic mass is 9.95. The monoisotopic (exact) mass is 511 g/mol. The van der Waals surface area contributed by atoms with Crippen molar-refractivity contribution < 1.29 is 14.4 Å². The molecule has 1 aliphatic heterocycles. The summed E-state index contributed by atoms with van der Waals surface area (Å²) in [5.41, 5.74) is 3.78. The lowest BCUT2D eigenvalue weighted by Gasteiger charge is -2.31. The van der Waals surface area contributed by atoms with Crippen LogP contribution in [0.4, 0.5) is 5.69 Å². The van der Waals surface area contributed by atoms with E-state index in [1.807, 2.05) is 74.5 Å². The summed E-state index contributed by atoms with van der Waals surface area (Å²) in [5, 5.41) is 5.23. The van der Waals surface area contributed by atoms with Crippen LogP contribution in [0.15, 0.2) is 60.7 Å². The van der Waals surface area contributed by atoms with Crippen LogP contribution in [-0.4, -0.2) is 41.2 Å². The smallest absolute Gasteiger partial charge is 0.258 e. The molecule has 0 spiro atoms. The Bertz CT molecular complexity index is 1320. The molecule has 0 saturated heterocycles. The van der Waals surface area contributed by atoms with Crippen LogP contribution in [0, 0.1) is 6.92 Å². The summed E-state index contributed by atoms with van der Waals surface area (Å²) >= 11 is 0. The second kappa shape index (κ2) is 11.4. The summed E-state index contributed by atoms with van der Waals surface area (Å²) in [5.74, 6) is -0.172. The fraction of sp³-hybridized carbons (Fsp3) is 0.406. The van der Waals surface area contributed by atoms with Gasteiger partial charge in [0, 0.05) is 36.5 Å². The van der Waals surface area contributed by atoms with Gasteiger partial charge in [-0.05, 0) is 56.2 Å². The Kier molecular flexibility index (Phi) is 7.77. The third kappa shape index (κ3) is 5.45. The number of carbonyl (C=O) groups is 3. The van der Waals surface area contributed by atoms with E-state index < -0.39 is 6.04 Å². The van der Waals surface area contributed by atoms with Gasteiger partial charge in [0.15, 0.2) is 0 Å². The minimum absolute atomic E-state index is 0.0130. The van der Waals surface area contributed by atoms with Crippen molar-refractivity contribution in [3.63, 3.8) is 0 Å². The normalized spacial score (nSPS) is 16.1. The average Bonchev–Trinajstić information content (AvgIpc) is 3.21. The molecule has 0 bridgehead atoms. The van der Waals surface area contributed by atoms with Crippen LogP contribution in [0.1, 0.15) is 73.4 Å². The van der Waals surface area contributed by atoms with Gasteiger partial charge in [0.2, 0.25) is 11.8 Å². The molecule has 1 fully saturated rings. The molecule has 1 N–H and O–H groups in total. The van der Waals surface area contributed by atoms with Crippen LogP contribution >= 0.6 is 0 Å². The van der Waals surface area contributed by atoms with Crippen molar-refractivity contribution in [3.05, 3.63) is 77.4 Å². The number of nitrogens with one attached hydrogen (secondary N) is 1. The Labute approximate surface area is 225 Å². The quantitative estimate of drug-likeness (QED) is 0.397. The Hall–Kier alpha value is -3.67. The highest BCUT2D eigenvalue weighted by molar-refractivity contribution is 6.25. The topological polar surface area (TPSA) is 69.7 Å². The van der Waals surface area contributed by atoms with Gasteiger partial charge in [-0.2, -0.15) is 0 Å². The molecule has 2 aliphatic rings. The molecule has 1 saturated carbocycles. The summed E-state index contributed by atoms with van der Waals surface area (Å²) in [6.45, 7) is 4.70. The van der Waals surface area contributed by atoms with Crippen molar-refractivity contribution in [2.24, 2.45) is 0 Å². The minimum atomic E-state index is -0.572. The van der Waals surface area contributed by atoms with Gasteiger partial charge in [-0.15, -0.1) is 0 Å². The van der Waals surface area contributed by atoms with E-state index in [1.54, 1.807) is 9.80 Å². The number of nitrogens with zero attached hydrogens (tertiary/aromatic N) is 2. The lowest BCUT2D eigenvalue weighted by molar-refractivity contribution is -0.141. The number of benzene rings is 3. The van der Waals surface area contributed by atoms with Crippen LogP contribution in [0.25, 0.3) is 10.8 Å². The molecular weight excluding hydrogens is 474 g/mol. The second-order valence-corrected chi connectivity index (χ2v) is 10.8. The molecule has 198 valence electrons.